The Hall–Kier alpha value is -6.20. The molecule has 0 fully saturated rings. The normalized spacial score (nSPS) is 13.4. The first-order chi connectivity index (χ1) is 23.3. The van der Waals surface area contributed by atoms with Gasteiger partial charge in [0.2, 0.25) is 0 Å². The lowest BCUT2D eigenvalue weighted by Gasteiger charge is -2.44. The first-order valence-corrected chi connectivity index (χ1v) is 16.1. The Labute approximate surface area is 270 Å². The first kappa shape index (κ1) is 25.0. The minimum absolute atomic E-state index is 0.0710. The summed E-state index contributed by atoms with van der Waals surface area (Å²) in [4.78, 5) is 4.91. The third-order valence-corrected chi connectivity index (χ3v) is 10.1. The molecule has 9 aromatic rings. The highest BCUT2D eigenvalue weighted by Gasteiger charge is 2.43. The van der Waals surface area contributed by atoms with Crippen molar-refractivity contribution >= 4 is 101 Å². The molecule has 4 nitrogen and oxygen atoms in total. The standard InChI is InChI=1S/C42H25BN2O2/c1-7-22-36-26(12-1)40-32(18-10-24-38(40)46-36)44-30-16-5-3-14-28(30)43-29-15-4-6-17-31(29)45(35-21-9-20-34(44)42(35)43)33-19-11-25-39-41(33)27-13-2-8-23-37(27)47-39/h1-25H. The summed E-state index contributed by atoms with van der Waals surface area (Å²) in [5, 5.41) is 4.48. The number of fused-ring (bicyclic) bond motifs is 10. The Morgan fingerprint density at radius 3 is 1.26 bits per heavy atom. The average molecular weight is 600 g/mol. The summed E-state index contributed by atoms with van der Waals surface area (Å²) in [6, 6.07) is 54.1. The van der Waals surface area contributed by atoms with Crippen molar-refractivity contribution < 1.29 is 8.83 Å². The predicted octanol–water partition coefficient (Wildman–Crippen LogP) is 9.57. The molecule has 0 amide bonds. The summed E-state index contributed by atoms with van der Waals surface area (Å²) < 4.78 is 12.8. The molecule has 7 aromatic carbocycles. The SMILES string of the molecule is c1ccc2c(c1)B1c3ccccc3N(c3cccc4oc5ccccc5c34)c3cccc(c31)N2c1cccc2oc3ccccc3c12. The van der Waals surface area contributed by atoms with E-state index in [0.717, 1.165) is 55.3 Å². The molecule has 47 heavy (non-hydrogen) atoms. The maximum Gasteiger partial charge on any atom is 0.252 e. The van der Waals surface area contributed by atoms with Gasteiger partial charge in [-0.1, -0.05) is 91.0 Å². The van der Waals surface area contributed by atoms with E-state index in [0.29, 0.717) is 0 Å². The van der Waals surface area contributed by atoms with E-state index in [2.05, 4.69) is 149 Å². The van der Waals surface area contributed by atoms with Gasteiger partial charge in [-0.25, -0.2) is 0 Å². The van der Waals surface area contributed by atoms with Gasteiger partial charge in [-0.05, 0) is 77.1 Å². The summed E-state index contributed by atoms with van der Waals surface area (Å²) in [6.45, 7) is 0.0710. The predicted molar refractivity (Wildman–Crippen MR) is 195 cm³/mol. The summed E-state index contributed by atoms with van der Waals surface area (Å²) in [5.74, 6) is 0. The molecule has 11 rings (SSSR count). The van der Waals surface area contributed by atoms with Gasteiger partial charge in [0.25, 0.3) is 6.71 Å². The summed E-state index contributed by atoms with van der Waals surface area (Å²) in [5.41, 5.74) is 14.4. The number of nitrogens with zero attached hydrogens (tertiary/aromatic N) is 2. The molecule has 5 heteroatoms. The molecule has 2 aliphatic heterocycles. The zero-order valence-electron chi connectivity index (χ0n) is 25.2. The largest absolute Gasteiger partial charge is 0.456 e. The number of para-hydroxylation sites is 4. The van der Waals surface area contributed by atoms with Crippen LogP contribution in [0.15, 0.2) is 160 Å². The Morgan fingerprint density at radius 2 is 0.723 bits per heavy atom. The molecule has 0 saturated heterocycles. The van der Waals surface area contributed by atoms with Gasteiger partial charge in [0.1, 0.15) is 22.3 Å². The van der Waals surface area contributed by atoms with Crippen LogP contribution in [-0.2, 0) is 0 Å². The lowest BCUT2D eigenvalue weighted by molar-refractivity contribution is 0.668. The summed E-state index contributed by atoms with van der Waals surface area (Å²) in [7, 11) is 0. The van der Waals surface area contributed by atoms with Gasteiger partial charge in [-0.3, -0.25) is 0 Å². The van der Waals surface area contributed by atoms with Crippen molar-refractivity contribution in [3.63, 3.8) is 0 Å². The number of rotatable bonds is 2. The van der Waals surface area contributed by atoms with Crippen LogP contribution in [0.1, 0.15) is 0 Å². The van der Waals surface area contributed by atoms with E-state index in [-0.39, 0.29) is 6.71 Å². The minimum atomic E-state index is 0.0710. The van der Waals surface area contributed by atoms with Crippen LogP contribution in [0.5, 0.6) is 0 Å². The van der Waals surface area contributed by atoms with Gasteiger partial charge in [0, 0.05) is 33.5 Å². The third kappa shape index (κ3) is 3.27. The third-order valence-electron chi connectivity index (χ3n) is 10.1. The van der Waals surface area contributed by atoms with Crippen LogP contribution >= 0.6 is 0 Å². The Morgan fingerprint density at radius 1 is 0.340 bits per heavy atom. The molecule has 0 aliphatic carbocycles. The van der Waals surface area contributed by atoms with Crippen LogP contribution in [0.25, 0.3) is 43.9 Å². The van der Waals surface area contributed by atoms with E-state index in [1.165, 1.54) is 39.1 Å². The van der Waals surface area contributed by atoms with Crippen molar-refractivity contribution in [1.82, 2.24) is 0 Å². The van der Waals surface area contributed by atoms with Crippen molar-refractivity contribution in [3.05, 3.63) is 152 Å². The fraction of sp³-hybridized carbons (Fsp3) is 0. The van der Waals surface area contributed by atoms with Gasteiger partial charge in [-0.2, -0.15) is 0 Å². The maximum absolute atomic E-state index is 6.38. The van der Waals surface area contributed by atoms with E-state index in [1.807, 2.05) is 12.1 Å². The molecular weight excluding hydrogens is 575 g/mol. The lowest BCUT2D eigenvalue weighted by Crippen LogP contribution is -2.61. The zero-order chi connectivity index (χ0) is 30.6. The molecule has 2 aromatic heterocycles. The number of anilines is 6. The van der Waals surface area contributed by atoms with Crippen LogP contribution in [0.4, 0.5) is 34.1 Å². The molecule has 0 N–H and O–H groups in total. The number of hydrogen-bond donors (Lipinski definition) is 0. The van der Waals surface area contributed by atoms with Crippen LogP contribution in [0, 0.1) is 0 Å². The van der Waals surface area contributed by atoms with Crippen LogP contribution in [0.3, 0.4) is 0 Å². The molecule has 0 unspecified atom stereocenters. The van der Waals surface area contributed by atoms with E-state index in [9.17, 15) is 0 Å². The number of furan rings is 2. The number of hydrogen-bond acceptors (Lipinski definition) is 4. The van der Waals surface area contributed by atoms with Crippen molar-refractivity contribution in [1.29, 1.82) is 0 Å². The average Bonchev–Trinajstić information content (AvgIpc) is 3.70. The van der Waals surface area contributed by atoms with Crippen LogP contribution in [0.2, 0.25) is 0 Å². The topological polar surface area (TPSA) is 32.8 Å². The van der Waals surface area contributed by atoms with Crippen molar-refractivity contribution in [3.8, 4) is 0 Å². The molecular formula is C42H25BN2O2. The quantitative estimate of drug-likeness (QED) is 0.185. The summed E-state index contributed by atoms with van der Waals surface area (Å²) >= 11 is 0. The van der Waals surface area contributed by atoms with Crippen LogP contribution in [-0.4, -0.2) is 6.71 Å². The Kier molecular flexibility index (Phi) is 4.89. The van der Waals surface area contributed by atoms with Crippen molar-refractivity contribution in [2.24, 2.45) is 0 Å². The molecule has 0 spiro atoms. The molecule has 4 heterocycles. The van der Waals surface area contributed by atoms with E-state index in [4.69, 9.17) is 8.83 Å². The van der Waals surface area contributed by atoms with Crippen molar-refractivity contribution in [2.75, 3.05) is 9.80 Å². The zero-order valence-corrected chi connectivity index (χ0v) is 25.2. The molecule has 0 radical (unpaired) electrons. The summed E-state index contributed by atoms with van der Waals surface area (Å²) in [6.07, 6.45) is 0. The maximum atomic E-state index is 6.38. The van der Waals surface area contributed by atoms with Gasteiger partial charge >= 0.3 is 0 Å². The number of benzene rings is 7. The minimum Gasteiger partial charge on any atom is -0.456 e. The highest BCUT2D eigenvalue weighted by atomic mass is 16.3. The smallest absolute Gasteiger partial charge is 0.252 e. The first-order valence-electron chi connectivity index (χ1n) is 16.1. The van der Waals surface area contributed by atoms with E-state index < -0.39 is 0 Å². The molecule has 0 saturated carbocycles. The van der Waals surface area contributed by atoms with Crippen molar-refractivity contribution in [2.45, 2.75) is 0 Å². The Bertz CT molecular complexity index is 2560. The molecule has 0 bridgehead atoms. The Balaban J connectivity index is 1.25. The van der Waals surface area contributed by atoms with E-state index >= 15 is 0 Å². The second kappa shape index (κ2) is 9.18. The van der Waals surface area contributed by atoms with Gasteiger partial charge < -0.3 is 18.6 Å². The highest BCUT2D eigenvalue weighted by molar-refractivity contribution is 7.00. The molecule has 2 aliphatic rings. The monoisotopic (exact) mass is 600 g/mol. The fourth-order valence-electron chi connectivity index (χ4n) is 8.24. The highest BCUT2D eigenvalue weighted by Crippen LogP contribution is 2.48. The van der Waals surface area contributed by atoms with E-state index in [1.54, 1.807) is 0 Å². The molecule has 0 atom stereocenters. The molecule has 218 valence electrons. The lowest BCUT2D eigenvalue weighted by atomic mass is 9.33. The van der Waals surface area contributed by atoms with Gasteiger partial charge in [-0.15, -0.1) is 0 Å². The van der Waals surface area contributed by atoms with Gasteiger partial charge in [0.15, 0.2) is 0 Å². The second-order valence-corrected chi connectivity index (χ2v) is 12.4. The van der Waals surface area contributed by atoms with Crippen LogP contribution < -0.4 is 26.2 Å². The fourth-order valence-corrected chi connectivity index (χ4v) is 8.24. The second-order valence-electron chi connectivity index (χ2n) is 12.4. The van der Waals surface area contributed by atoms with Gasteiger partial charge in [0.05, 0.1) is 22.1 Å².